The van der Waals surface area contributed by atoms with Crippen molar-refractivity contribution in [3.8, 4) is 5.69 Å². The molecule has 0 saturated heterocycles. The molecular weight excluding hydrogens is 272 g/mol. The minimum Gasteiger partial charge on any atom is -0.399 e. The van der Waals surface area contributed by atoms with Crippen LogP contribution in [0.1, 0.15) is 0 Å². The first-order valence-corrected chi connectivity index (χ1v) is 5.81. The monoisotopic (exact) mass is 279 g/mol. The highest BCUT2D eigenvalue weighted by Crippen LogP contribution is 2.28. The van der Waals surface area contributed by atoms with Crippen LogP contribution in [0.4, 0.5) is 14.5 Å². The molecule has 6 heteroatoms. The third-order valence-corrected chi connectivity index (χ3v) is 3.08. The standard InChI is InChI=1S/C13H8ClF2N3/c14-9-3-7(15)4-10(16)13(9)19-6-18-11-5-8(17)1-2-12(11)19/h1-6H,17H2. The van der Waals surface area contributed by atoms with Gasteiger partial charge < -0.3 is 5.73 Å². The molecule has 2 aromatic carbocycles. The normalized spacial score (nSPS) is 11.1. The maximum absolute atomic E-state index is 13.9. The first-order chi connectivity index (χ1) is 9.06. The van der Waals surface area contributed by atoms with Gasteiger partial charge in [-0.3, -0.25) is 4.57 Å². The molecular formula is C13H8ClF2N3. The van der Waals surface area contributed by atoms with E-state index in [-0.39, 0.29) is 10.7 Å². The second-order valence-electron chi connectivity index (χ2n) is 4.08. The van der Waals surface area contributed by atoms with Gasteiger partial charge in [-0.25, -0.2) is 13.8 Å². The van der Waals surface area contributed by atoms with Crippen molar-refractivity contribution in [2.45, 2.75) is 0 Å². The number of nitrogens with two attached hydrogens (primary N) is 1. The maximum atomic E-state index is 13.9. The van der Waals surface area contributed by atoms with Gasteiger partial charge in [0.1, 0.15) is 17.8 Å². The number of nitrogens with zero attached hydrogens (tertiary/aromatic N) is 2. The maximum Gasteiger partial charge on any atom is 0.151 e. The van der Waals surface area contributed by atoms with Gasteiger partial charge in [-0.15, -0.1) is 0 Å². The Kier molecular flexibility index (Phi) is 2.64. The zero-order valence-electron chi connectivity index (χ0n) is 9.57. The van der Waals surface area contributed by atoms with Crippen LogP contribution in [-0.2, 0) is 0 Å². The minimum atomic E-state index is -0.749. The van der Waals surface area contributed by atoms with Crippen LogP contribution < -0.4 is 5.73 Å². The van der Waals surface area contributed by atoms with Crippen molar-refractivity contribution in [3.63, 3.8) is 0 Å². The fourth-order valence-electron chi connectivity index (χ4n) is 1.97. The van der Waals surface area contributed by atoms with Gasteiger partial charge >= 0.3 is 0 Å². The smallest absolute Gasteiger partial charge is 0.151 e. The summed E-state index contributed by atoms with van der Waals surface area (Å²) in [5.41, 5.74) is 7.53. The third kappa shape index (κ3) is 1.92. The number of nitrogen functional groups attached to an aromatic ring is 1. The number of hydrogen-bond acceptors (Lipinski definition) is 2. The molecule has 1 heterocycles. The van der Waals surface area contributed by atoms with Crippen LogP contribution >= 0.6 is 11.6 Å². The van der Waals surface area contributed by atoms with Crippen molar-refractivity contribution in [1.82, 2.24) is 9.55 Å². The number of halogens is 3. The van der Waals surface area contributed by atoms with Crippen LogP contribution in [0.3, 0.4) is 0 Å². The number of aromatic nitrogens is 2. The van der Waals surface area contributed by atoms with Crippen LogP contribution in [0.2, 0.25) is 5.02 Å². The first kappa shape index (κ1) is 11.9. The Morgan fingerprint density at radius 2 is 1.95 bits per heavy atom. The molecule has 0 aliphatic rings. The van der Waals surface area contributed by atoms with Gasteiger partial charge in [-0.1, -0.05) is 11.6 Å². The van der Waals surface area contributed by atoms with Crippen molar-refractivity contribution in [1.29, 1.82) is 0 Å². The molecule has 0 aliphatic heterocycles. The zero-order chi connectivity index (χ0) is 13.6. The van der Waals surface area contributed by atoms with E-state index in [2.05, 4.69) is 4.98 Å². The number of hydrogen-bond donors (Lipinski definition) is 1. The molecule has 2 N–H and O–H groups in total. The molecule has 0 radical (unpaired) electrons. The van der Waals surface area contributed by atoms with Crippen LogP contribution in [-0.4, -0.2) is 9.55 Å². The second-order valence-corrected chi connectivity index (χ2v) is 4.49. The van der Waals surface area contributed by atoms with E-state index in [4.69, 9.17) is 17.3 Å². The molecule has 0 atom stereocenters. The van der Waals surface area contributed by atoms with Gasteiger partial charge in [0, 0.05) is 11.8 Å². The SMILES string of the molecule is Nc1ccc2c(c1)ncn2-c1c(F)cc(F)cc1Cl. The summed E-state index contributed by atoms with van der Waals surface area (Å²) in [4.78, 5) is 4.12. The molecule has 0 saturated carbocycles. The van der Waals surface area contributed by atoms with Crippen molar-refractivity contribution < 1.29 is 8.78 Å². The molecule has 1 aromatic heterocycles. The molecule has 19 heavy (non-hydrogen) atoms. The summed E-state index contributed by atoms with van der Waals surface area (Å²) in [5, 5.41) is -0.0198. The lowest BCUT2D eigenvalue weighted by molar-refractivity contribution is 0.578. The number of rotatable bonds is 1. The lowest BCUT2D eigenvalue weighted by Crippen LogP contribution is -1.98. The molecule has 96 valence electrons. The topological polar surface area (TPSA) is 43.8 Å². The third-order valence-electron chi connectivity index (χ3n) is 2.79. The largest absolute Gasteiger partial charge is 0.399 e. The quantitative estimate of drug-likeness (QED) is 0.693. The highest BCUT2D eigenvalue weighted by atomic mass is 35.5. The molecule has 0 amide bonds. The summed E-state index contributed by atoms with van der Waals surface area (Å²) in [6.07, 6.45) is 1.42. The van der Waals surface area contributed by atoms with Gasteiger partial charge in [-0.05, 0) is 24.3 Å². The van der Waals surface area contributed by atoms with Gasteiger partial charge in [-0.2, -0.15) is 0 Å². The fraction of sp³-hybridized carbons (Fsp3) is 0. The van der Waals surface area contributed by atoms with Crippen LogP contribution in [0, 0.1) is 11.6 Å². The Labute approximate surface area is 112 Å². The van der Waals surface area contributed by atoms with Gasteiger partial charge in [0.2, 0.25) is 0 Å². The molecule has 0 bridgehead atoms. The average molecular weight is 280 g/mol. The van der Waals surface area contributed by atoms with E-state index in [0.717, 1.165) is 12.1 Å². The summed E-state index contributed by atoms with van der Waals surface area (Å²) >= 11 is 5.90. The summed E-state index contributed by atoms with van der Waals surface area (Å²) in [7, 11) is 0. The Bertz CT molecular complexity index is 760. The Hall–Kier alpha value is -2.14. The Morgan fingerprint density at radius 1 is 1.16 bits per heavy atom. The molecule has 3 aromatic rings. The van der Waals surface area contributed by atoms with E-state index in [1.54, 1.807) is 18.2 Å². The number of anilines is 1. The zero-order valence-corrected chi connectivity index (χ0v) is 10.3. The first-order valence-electron chi connectivity index (χ1n) is 5.44. The van der Waals surface area contributed by atoms with Gasteiger partial charge in [0.15, 0.2) is 5.82 Å². The van der Waals surface area contributed by atoms with Gasteiger partial charge in [0.05, 0.1) is 16.1 Å². The number of fused-ring (bicyclic) bond motifs is 1. The van der Waals surface area contributed by atoms with Crippen molar-refractivity contribution >= 4 is 28.3 Å². The average Bonchev–Trinajstić information content (AvgIpc) is 2.71. The van der Waals surface area contributed by atoms with Crippen LogP contribution in [0.25, 0.3) is 16.7 Å². The molecule has 0 spiro atoms. The summed E-state index contributed by atoms with van der Waals surface area (Å²) < 4.78 is 28.4. The molecule has 0 unspecified atom stereocenters. The summed E-state index contributed by atoms with van der Waals surface area (Å²) in [6, 6.07) is 6.89. The summed E-state index contributed by atoms with van der Waals surface area (Å²) in [6.45, 7) is 0. The molecule has 3 rings (SSSR count). The highest BCUT2D eigenvalue weighted by molar-refractivity contribution is 6.32. The van der Waals surface area contributed by atoms with E-state index in [9.17, 15) is 8.78 Å². The van der Waals surface area contributed by atoms with Crippen molar-refractivity contribution in [2.75, 3.05) is 5.73 Å². The predicted octanol–water partition coefficient (Wildman–Crippen LogP) is 3.54. The Morgan fingerprint density at radius 3 is 2.68 bits per heavy atom. The molecule has 0 aliphatic carbocycles. The van der Waals surface area contributed by atoms with Crippen LogP contribution in [0.15, 0.2) is 36.7 Å². The van der Waals surface area contributed by atoms with Gasteiger partial charge in [0.25, 0.3) is 0 Å². The highest BCUT2D eigenvalue weighted by Gasteiger charge is 2.14. The molecule has 0 fully saturated rings. The van der Waals surface area contributed by atoms with Crippen molar-refractivity contribution in [3.05, 3.63) is 53.3 Å². The van der Waals surface area contributed by atoms with E-state index in [1.165, 1.54) is 10.9 Å². The second kappa shape index (κ2) is 4.20. The van der Waals surface area contributed by atoms with E-state index < -0.39 is 11.6 Å². The molecule has 3 nitrogen and oxygen atoms in total. The number of imidazole rings is 1. The summed E-state index contributed by atoms with van der Waals surface area (Å²) in [5.74, 6) is -1.47. The van der Waals surface area contributed by atoms with E-state index in [1.807, 2.05) is 0 Å². The predicted molar refractivity (Wildman–Crippen MR) is 70.4 cm³/mol. The lowest BCUT2D eigenvalue weighted by Gasteiger charge is -2.08. The lowest BCUT2D eigenvalue weighted by atomic mass is 10.2. The Balaban J connectivity index is 2.31. The fourth-order valence-corrected chi connectivity index (χ4v) is 2.26. The van der Waals surface area contributed by atoms with Crippen LogP contribution in [0.5, 0.6) is 0 Å². The number of benzene rings is 2. The van der Waals surface area contributed by atoms with Crippen molar-refractivity contribution in [2.24, 2.45) is 0 Å². The van der Waals surface area contributed by atoms with E-state index in [0.29, 0.717) is 16.7 Å². The minimum absolute atomic E-state index is 0.0198. The van der Waals surface area contributed by atoms with E-state index >= 15 is 0 Å².